The van der Waals surface area contributed by atoms with E-state index >= 15 is 0 Å². The molecule has 0 aliphatic carbocycles. The second kappa shape index (κ2) is 3.35. The second-order valence-electron chi connectivity index (χ2n) is 3.33. The van der Waals surface area contributed by atoms with Crippen LogP contribution >= 0.6 is 0 Å². The van der Waals surface area contributed by atoms with E-state index in [1.54, 1.807) is 0 Å². The molecule has 0 amide bonds. The molecule has 1 aromatic carbocycles. The zero-order valence-electron chi connectivity index (χ0n) is 7.92. The van der Waals surface area contributed by atoms with E-state index in [4.69, 9.17) is 5.73 Å². The van der Waals surface area contributed by atoms with Crippen molar-refractivity contribution in [2.24, 2.45) is 5.73 Å². The van der Waals surface area contributed by atoms with Crippen molar-refractivity contribution < 1.29 is 4.39 Å². The largest absolute Gasteiger partial charge is 0.325 e. The molecule has 1 heterocycles. The van der Waals surface area contributed by atoms with E-state index in [2.05, 4.69) is 4.98 Å². The van der Waals surface area contributed by atoms with E-state index in [9.17, 15) is 4.39 Å². The molecule has 2 rings (SSSR count). The first-order valence-electron chi connectivity index (χ1n) is 4.46. The summed E-state index contributed by atoms with van der Waals surface area (Å²) in [5.41, 5.74) is 7.45. The number of nitrogens with two attached hydrogens (primary N) is 1. The zero-order valence-corrected chi connectivity index (χ0v) is 7.92. The van der Waals surface area contributed by atoms with Gasteiger partial charge in [0.15, 0.2) is 0 Å². The van der Waals surface area contributed by atoms with Gasteiger partial charge >= 0.3 is 0 Å². The molecular formula is C11H11FN2. The maximum Gasteiger partial charge on any atom is 0.149 e. The average molecular weight is 190 g/mol. The fourth-order valence-electron chi connectivity index (χ4n) is 1.49. The van der Waals surface area contributed by atoms with Gasteiger partial charge in [0.05, 0.1) is 5.69 Å². The molecule has 1 aromatic heterocycles. The number of rotatable bonds is 1. The summed E-state index contributed by atoms with van der Waals surface area (Å²) in [6.07, 6.45) is 0. The van der Waals surface area contributed by atoms with Crippen LogP contribution in [0.1, 0.15) is 11.3 Å². The molecule has 0 spiro atoms. The Labute approximate surface area is 81.6 Å². The molecule has 0 fully saturated rings. The highest BCUT2D eigenvalue weighted by Gasteiger charge is 2.03. The lowest BCUT2D eigenvalue weighted by Crippen LogP contribution is -2.00. The van der Waals surface area contributed by atoms with Crippen molar-refractivity contribution in [3.05, 3.63) is 41.3 Å². The van der Waals surface area contributed by atoms with E-state index in [0.717, 1.165) is 10.9 Å². The first-order chi connectivity index (χ1) is 6.70. The predicted octanol–water partition coefficient (Wildman–Crippen LogP) is 2.14. The minimum atomic E-state index is -0.282. The number of benzene rings is 1. The molecule has 2 aromatic rings. The maximum absolute atomic E-state index is 13.5. The molecule has 0 saturated carbocycles. The Morgan fingerprint density at radius 2 is 2.14 bits per heavy atom. The van der Waals surface area contributed by atoms with Gasteiger partial charge in [-0.1, -0.05) is 6.07 Å². The van der Waals surface area contributed by atoms with Gasteiger partial charge in [0.1, 0.15) is 11.3 Å². The molecule has 72 valence electrons. The van der Waals surface area contributed by atoms with E-state index in [0.29, 0.717) is 17.8 Å². The lowest BCUT2D eigenvalue weighted by Gasteiger charge is -2.02. The number of fused-ring (bicyclic) bond motifs is 1. The summed E-state index contributed by atoms with van der Waals surface area (Å²) >= 11 is 0. The number of aromatic nitrogens is 1. The molecule has 0 unspecified atom stereocenters. The van der Waals surface area contributed by atoms with Gasteiger partial charge < -0.3 is 5.73 Å². The Hall–Kier alpha value is -1.48. The van der Waals surface area contributed by atoms with Crippen LogP contribution in [0.15, 0.2) is 24.3 Å². The van der Waals surface area contributed by atoms with Crippen LogP contribution in [0.4, 0.5) is 4.39 Å². The van der Waals surface area contributed by atoms with Gasteiger partial charge in [-0.25, -0.2) is 9.37 Å². The molecule has 0 aliphatic heterocycles. The molecule has 2 N–H and O–H groups in total. The van der Waals surface area contributed by atoms with Crippen LogP contribution in [0.2, 0.25) is 0 Å². The normalized spacial score (nSPS) is 10.8. The Kier molecular flexibility index (Phi) is 2.17. The number of aryl methyl sites for hydroxylation is 1. The van der Waals surface area contributed by atoms with Gasteiger partial charge in [0.25, 0.3) is 0 Å². The fraction of sp³-hybridized carbons (Fsp3) is 0.182. The summed E-state index contributed by atoms with van der Waals surface area (Å²) in [4.78, 5) is 4.13. The molecule has 3 heteroatoms. The van der Waals surface area contributed by atoms with Crippen molar-refractivity contribution in [3.63, 3.8) is 0 Å². The second-order valence-corrected chi connectivity index (χ2v) is 3.33. The highest BCUT2D eigenvalue weighted by atomic mass is 19.1. The monoisotopic (exact) mass is 190 g/mol. The van der Waals surface area contributed by atoms with Crippen molar-refractivity contribution in [1.29, 1.82) is 0 Å². The van der Waals surface area contributed by atoms with Gasteiger partial charge in [-0.3, -0.25) is 0 Å². The fourth-order valence-corrected chi connectivity index (χ4v) is 1.49. The number of pyridine rings is 1. The number of hydrogen-bond acceptors (Lipinski definition) is 2. The maximum atomic E-state index is 13.5. The molecule has 0 saturated heterocycles. The topological polar surface area (TPSA) is 38.9 Å². The summed E-state index contributed by atoms with van der Waals surface area (Å²) in [5.74, 6) is -0.282. The summed E-state index contributed by atoms with van der Waals surface area (Å²) in [6, 6.07) is 7.06. The zero-order chi connectivity index (χ0) is 10.1. The molecule has 0 atom stereocenters. The number of nitrogens with zero attached hydrogens (tertiary/aromatic N) is 1. The van der Waals surface area contributed by atoms with Crippen LogP contribution in [0.3, 0.4) is 0 Å². The molecule has 0 radical (unpaired) electrons. The average Bonchev–Trinajstić information content (AvgIpc) is 2.17. The van der Waals surface area contributed by atoms with Gasteiger partial charge in [-0.05, 0) is 30.7 Å². The van der Waals surface area contributed by atoms with Gasteiger partial charge in [-0.2, -0.15) is 0 Å². The summed E-state index contributed by atoms with van der Waals surface area (Å²) in [7, 11) is 0. The van der Waals surface area contributed by atoms with Crippen LogP contribution < -0.4 is 5.73 Å². The number of hydrogen-bond donors (Lipinski definition) is 1. The van der Waals surface area contributed by atoms with E-state index in [1.165, 1.54) is 6.07 Å². The standard InChI is InChI=1S/C11H11FN2/c1-7-4-8-2-3-9(6-13)14-11(8)10(12)5-7/h2-5H,6,13H2,1H3. The van der Waals surface area contributed by atoms with Crippen LogP contribution in [0, 0.1) is 12.7 Å². The van der Waals surface area contributed by atoms with Gasteiger partial charge in [-0.15, -0.1) is 0 Å². The van der Waals surface area contributed by atoms with Gasteiger partial charge in [0, 0.05) is 11.9 Å². The van der Waals surface area contributed by atoms with Crippen molar-refractivity contribution in [3.8, 4) is 0 Å². The summed E-state index contributed by atoms with van der Waals surface area (Å²) in [5, 5.41) is 0.819. The van der Waals surface area contributed by atoms with Crippen molar-refractivity contribution in [1.82, 2.24) is 4.98 Å². The Morgan fingerprint density at radius 3 is 2.86 bits per heavy atom. The van der Waals surface area contributed by atoms with Crippen molar-refractivity contribution in [2.45, 2.75) is 13.5 Å². The predicted molar refractivity (Wildman–Crippen MR) is 54.3 cm³/mol. The quantitative estimate of drug-likeness (QED) is 0.748. The Morgan fingerprint density at radius 1 is 1.36 bits per heavy atom. The van der Waals surface area contributed by atoms with E-state index in [1.807, 2.05) is 25.1 Å². The highest BCUT2D eigenvalue weighted by Crippen LogP contribution is 2.18. The van der Waals surface area contributed by atoms with Crippen LogP contribution in [0.25, 0.3) is 10.9 Å². The number of halogens is 1. The Balaban J connectivity index is 2.75. The first kappa shape index (κ1) is 9.09. The van der Waals surface area contributed by atoms with E-state index in [-0.39, 0.29) is 5.82 Å². The van der Waals surface area contributed by atoms with Crippen molar-refractivity contribution in [2.75, 3.05) is 0 Å². The third-order valence-corrected chi connectivity index (χ3v) is 2.16. The molecular weight excluding hydrogens is 179 g/mol. The SMILES string of the molecule is Cc1cc(F)c2nc(CN)ccc2c1. The highest BCUT2D eigenvalue weighted by molar-refractivity contribution is 5.80. The Bertz CT molecular complexity index is 480. The first-order valence-corrected chi connectivity index (χ1v) is 4.46. The van der Waals surface area contributed by atoms with Crippen LogP contribution in [-0.2, 0) is 6.54 Å². The molecule has 14 heavy (non-hydrogen) atoms. The smallest absolute Gasteiger partial charge is 0.149 e. The van der Waals surface area contributed by atoms with Crippen LogP contribution in [0.5, 0.6) is 0 Å². The van der Waals surface area contributed by atoms with Gasteiger partial charge in [0.2, 0.25) is 0 Å². The van der Waals surface area contributed by atoms with Crippen molar-refractivity contribution >= 4 is 10.9 Å². The molecule has 0 bridgehead atoms. The van der Waals surface area contributed by atoms with Crippen LogP contribution in [-0.4, -0.2) is 4.98 Å². The minimum Gasteiger partial charge on any atom is -0.325 e. The molecule has 2 nitrogen and oxygen atoms in total. The lowest BCUT2D eigenvalue weighted by atomic mass is 10.1. The van der Waals surface area contributed by atoms with E-state index < -0.39 is 0 Å². The minimum absolute atomic E-state index is 0.282. The third kappa shape index (κ3) is 1.46. The lowest BCUT2D eigenvalue weighted by molar-refractivity contribution is 0.635. The molecule has 0 aliphatic rings. The summed E-state index contributed by atoms with van der Waals surface area (Å²) < 4.78 is 13.5. The summed E-state index contributed by atoms with van der Waals surface area (Å²) in [6.45, 7) is 2.20. The third-order valence-electron chi connectivity index (χ3n) is 2.16.